The van der Waals surface area contributed by atoms with Crippen LogP contribution < -0.4 is 14.5 Å². The first-order valence-electron chi connectivity index (χ1n) is 8.93. The topological polar surface area (TPSA) is 51.0 Å². The maximum atomic E-state index is 12.9. The number of imide groups is 1. The standard InChI is InChI=1S/C19H26N2O3/c1-4-24-16-7-5-15(6-8-16)21-18(22)10-17(19(21)23)20-11-13(2)9-14(3)12-20/h5-8,13-14,17H,4,9-12H2,1-3H3/p+1/t13-,14-,17+/m0/s1. The van der Waals surface area contributed by atoms with Crippen molar-refractivity contribution in [2.24, 2.45) is 11.8 Å². The molecule has 0 saturated carbocycles. The van der Waals surface area contributed by atoms with E-state index in [1.165, 1.54) is 16.2 Å². The van der Waals surface area contributed by atoms with E-state index in [1.54, 1.807) is 12.1 Å². The second-order valence-corrected chi connectivity index (χ2v) is 7.26. The van der Waals surface area contributed by atoms with Crippen molar-refractivity contribution in [1.82, 2.24) is 0 Å². The predicted molar refractivity (Wildman–Crippen MR) is 92.2 cm³/mol. The molecular weight excluding hydrogens is 304 g/mol. The monoisotopic (exact) mass is 331 g/mol. The minimum absolute atomic E-state index is 0.0551. The second-order valence-electron chi connectivity index (χ2n) is 7.26. The molecular formula is C19H27N2O3+. The fourth-order valence-electron chi connectivity index (χ4n) is 4.20. The fourth-order valence-corrected chi connectivity index (χ4v) is 4.20. The lowest BCUT2D eigenvalue weighted by Crippen LogP contribution is -3.18. The van der Waals surface area contributed by atoms with E-state index in [0.717, 1.165) is 18.8 Å². The van der Waals surface area contributed by atoms with Gasteiger partial charge < -0.3 is 9.64 Å². The molecule has 0 aromatic heterocycles. The number of quaternary nitrogens is 1. The number of carbonyl (C=O) groups is 2. The Bertz CT molecular complexity index is 604. The van der Waals surface area contributed by atoms with Gasteiger partial charge in [-0.25, -0.2) is 4.90 Å². The summed E-state index contributed by atoms with van der Waals surface area (Å²) < 4.78 is 5.42. The van der Waals surface area contributed by atoms with Gasteiger partial charge in [-0.15, -0.1) is 0 Å². The molecule has 0 unspecified atom stereocenters. The van der Waals surface area contributed by atoms with Crippen LogP contribution >= 0.6 is 0 Å². The Balaban J connectivity index is 1.76. The van der Waals surface area contributed by atoms with Crippen molar-refractivity contribution in [1.29, 1.82) is 0 Å². The molecule has 1 aromatic carbocycles. The maximum Gasteiger partial charge on any atom is 0.292 e. The molecule has 2 heterocycles. The lowest BCUT2D eigenvalue weighted by Gasteiger charge is -2.34. The van der Waals surface area contributed by atoms with Gasteiger partial charge in [0.05, 0.1) is 31.8 Å². The van der Waals surface area contributed by atoms with Crippen molar-refractivity contribution in [3.8, 4) is 5.75 Å². The summed E-state index contributed by atoms with van der Waals surface area (Å²) in [5, 5.41) is 0. The summed E-state index contributed by atoms with van der Waals surface area (Å²) in [5.74, 6) is 1.81. The van der Waals surface area contributed by atoms with Crippen LogP contribution in [-0.2, 0) is 9.59 Å². The molecule has 3 rings (SSSR count). The zero-order chi connectivity index (χ0) is 17.3. The molecule has 0 radical (unpaired) electrons. The molecule has 2 saturated heterocycles. The van der Waals surface area contributed by atoms with Crippen molar-refractivity contribution in [3.63, 3.8) is 0 Å². The Morgan fingerprint density at radius 3 is 2.33 bits per heavy atom. The average Bonchev–Trinajstić information content (AvgIpc) is 2.83. The summed E-state index contributed by atoms with van der Waals surface area (Å²) in [6.45, 7) is 8.95. The van der Waals surface area contributed by atoms with E-state index in [0.29, 0.717) is 30.6 Å². The normalized spacial score (nSPS) is 30.7. The molecule has 0 bridgehead atoms. The first-order chi connectivity index (χ1) is 11.5. The zero-order valence-corrected chi connectivity index (χ0v) is 14.7. The summed E-state index contributed by atoms with van der Waals surface area (Å²) in [6, 6.07) is 6.98. The van der Waals surface area contributed by atoms with Gasteiger partial charge in [0.15, 0.2) is 6.04 Å². The van der Waals surface area contributed by atoms with Crippen molar-refractivity contribution in [2.75, 3.05) is 24.6 Å². The molecule has 5 heteroatoms. The highest BCUT2D eigenvalue weighted by molar-refractivity contribution is 6.21. The summed E-state index contributed by atoms with van der Waals surface area (Å²) in [6.07, 6.45) is 1.53. The van der Waals surface area contributed by atoms with Gasteiger partial charge in [0, 0.05) is 11.8 Å². The van der Waals surface area contributed by atoms with Gasteiger partial charge in [0.2, 0.25) is 5.91 Å². The molecule has 1 aromatic rings. The summed E-state index contributed by atoms with van der Waals surface area (Å²) in [7, 11) is 0. The van der Waals surface area contributed by atoms with E-state index in [4.69, 9.17) is 4.74 Å². The largest absolute Gasteiger partial charge is 0.494 e. The van der Waals surface area contributed by atoms with Crippen LogP contribution in [0.15, 0.2) is 24.3 Å². The highest BCUT2D eigenvalue weighted by atomic mass is 16.5. The predicted octanol–water partition coefficient (Wildman–Crippen LogP) is 1.28. The van der Waals surface area contributed by atoms with Crippen molar-refractivity contribution in [3.05, 3.63) is 24.3 Å². The Labute approximate surface area is 143 Å². The average molecular weight is 331 g/mol. The summed E-state index contributed by atoms with van der Waals surface area (Å²) in [5.41, 5.74) is 0.647. The van der Waals surface area contributed by atoms with Crippen LogP contribution in [-0.4, -0.2) is 37.6 Å². The number of nitrogens with one attached hydrogen (secondary N) is 1. The molecule has 2 aliphatic heterocycles. The number of anilines is 1. The quantitative estimate of drug-likeness (QED) is 0.846. The van der Waals surface area contributed by atoms with Crippen LogP contribution in [0.1, 0.15) is 33.6 Å². The first-order valence-corrected chi connectivity index (χ1v) is 8.93. The van der Waals surface area contributed by atoms with E-state index in [-0.39, 0.29) is 17.9 Å². The smallest absolute Gasteiger partial charge is 0.292 e. The first kappa shape index (κ1) is 17.0. The number of nitrogens with zero attached hydrogens (tertiary/aromatic N) is 1. The van der Waals surface area contributed by atoms with Crippen LogP contribution in [0.5, 0.6) is 5.75 Å². The van der Waals surface area contributed by atoms with Crippen LogP contribution in [0.4, 0.5) is 5.69 Å². The van der Waals surface area contributed by atoms with Crippen LogP contribution in [0.3, 0.4) is 0 Å². The number of carbonyl (C=O) groups excluding carboxylic acids is 2. The van der Waals surface area contributed by atoms with Gasteiger partial charge in [-0.05, 0) is 37.6 Å². The Morgan fingerprint density at radius 2 is 1.75 bits per heavy atom. The lowest BCUT2D eigenvalue weighted by atomic mass is 9.90. The lowest BCUT2D eigenvalue weighted by molar-refractivity contribution is -0.926. The van der Waals surface area contributed by atoms with Crippen molar-refractivity contribution < 1.29 is 19.2 Å². The van der Waals surface area contributed by atoms with Gasteiger partial charge in [-0.3, -0.25) is 9.59 Å². The van der Waals surface area contributed by atoms with E-state index in [2.05, 4.69) is 13.8 Å². The van der Waals surface area contributed by atoms with E-state index in [9.17, 15) is 9.59 Å². The van der Waals surface area contributed by atoms with Crippen LogP contribution in [0, 0.1) is 11.8 Å². The number of piperidine rings is 1. The highest BCUT2D eigenvalue weighted by Gasteiger charge is 2.47. The van der Waals surface area contributed by atoms with E-state index < -0.39 is 0 Å². The Hall–Kier alpha value is -1.88. The molecule has 5 nitrogen and oxygen atoms in total. The Kier molecular flexibility index (Phi) is 4.90. The molecule has 2 aliphatic rings. The van der Waals surface area contributed by atoms with Crippen LogP contribution in [0.2, 0.25) is 0 Å². The van der Waals surface area contributed by atoms with Gasteiger partial charge >= 0.3 is 0 Å². The number of amides is 2. The minimum atomic E-state index is -0.228. The molecule has 3 atom stereocenters. The SMILES string of the molecule is CCOc1ccc(N2C(=O)C[C@@H]([NH+]3C[C@@H](C)C[C@H](C)C3)C2=O)cc1. The molecule has 130 valence electrons. The fraction of sp³-hybridized carbons (Fsp3) is 0.579. The molecule has 1 N–H and O–H groups in total. The number of hydrogen-bond donors (Lipinski definition) is 1. The molecule has 0 aliphatic carbocycles. The van der Waals surface area contributed by atoms with E-state index >= 15 is 0 Å². The molecule has 24 heavy (non-hydrogen) atoms. The van der Waals surface area contributed by atoms with Gasteiger partial charge in [-0.2, -0.15) is 0 Å². The van der Waals surface area contributed by atoms with Crippen LogP contribution in [0.25, 0.3) is 0 Å². The number of benzene rings is 1. The molecule has 2 amide bonds. The number of hydrogen-bond acceptors (Lipinski definition) is 3. The second kappa shape index (κ2) is 6.93. The van der Waals surface area contributed by atoms with Gasteiger partial charge in [0.25, 0.3) is 5.91 Å². The zero-order valence-electron chi connectivity index (χ0n) is 14.7. The third-order valence-corrected chi connectivity index (χ3v) is 5.07. The van der Waals surface area contributed by atoms with Crippen molar-refractivity contribution >= 4 is 17.5 Å². The number of likely N-dealkylation sites (tertiary alicyclic amines) is 1. The summed E-state index contributed by atoms with van der Waals surface area (Å²) >= 11 is 0. The highest BCUT2D eigenvalue weighted by Crippen LogP contribution is 2.25. The summed E-state index contributed by atoms with van der Waals surface area (Å²) in [4.78, 5) is 28.0. The third kappa shape index (κ3) is 3.31. The molecule has 2 fully saturated rings. The van der Waals surface area contributed by atoms with Gasteiger partial charge in [-0.1, -0.05) is 13.8 Å². The van der Waals surface area contributed by atoms with E-state index in [1.807, 2.05) is 19.1 Å². The number of ether oxygens (including phenoxy) is 1. The molecule has 0 spiro atoms. The maximum absolute atomic E-state index is 12.9. The van der Waals surface area contributed by atoms with Gasteiger partial charge in [0.1, 0.15) is 5.75 Å². The third-order valence-electron chi connectivity index (χ3n) is 5.07. The minimum Gasteiger partial charge on any atom is -0.494 e. The van der Waals surface area contributed by atoms with Crippen molar-refractivity contribution in [2.45, 2.75) is 39.7 Å². The number of rotatable bonds is 4. The Morgan fingerprint density at radius 1 is 1.12 bits per heavy atom.